The molecule has 2 fully saturated rings. The van der Waals surface area contributed by atoms with Gasteiger partial charge in [-0.25, -0.2) is 0 Å². The summed E-state index contributed by atoms with van der Waals surface area (Å²) in [6, 6.07) is 7.07. The third-order valence-electron chi connectivity index (χ3n) is 7.66. The number of ketones is 1. The molecule has 1 aromatic rings. The topological polar surface area (TPSA) is 113 Å². The van der Waals surface area contributed by atoms with Gasteiger partial charge in [0.25, 0.3) is 0 Å². The van der Waals surface area contributed by atoms with Crippen molar-refractivity contribution in [2.24, 2.45) is 29.6 Å². The summed E-state index contributed by atoms with van der Waals surface area (Å²) in [5, 5.41) is 26.5. The third-order valence-corrected chi connectivity index (χ3v) is 7.66. The van der Waals surface area contributed by atoms with Gasteiger partial charge < -0.3 is 19.3 Å². The van der Waals surface area contributed by atoms with E-state index < -0.39 is 6.29 Å². The van der Waals surface area contributed by atoms with E-state index in [2.05, 4.69) is 20.8 Å². The van der Waals surface area contributed by atoms with Gasteiger partial charge in [0.05, 0.1) is 25.7 Å². The fourth-order valence-electron chi connectivity index (χ4n) is 5.55. The van der Waals surface area contributed by atoms with Crippen LogP contribution in [-0.2, 0) is 25.6 Å². The normalized spacial score (nSPS) is 28.8. The van der Waals surface area contributed by atoms with E-state index in [1.54, 1.807) is 12.1 Å². The highest BCUT2D eigenvalue weighted by atomic mass is 16.6. The fraction of sp³-hybridized carbons (Fsp3) is 0.667. The predicted molar refractivity (Wildman–Crippen MR) is 131 cm³/mol. The van der Waals surface area contributed by atoms with Gasteiger partial charge in [0.15, 0.2) is 12.2 Å². The van der Waals surface area contributed by atoms with Crippen molar-refractivity contribution in [3.63, 3.8) is 0 Å². The first-order valence-corrected chi connectivity index (χ1v) is 12.5. The lowest BCUT2D eigenvalue weighted by Crippen LogP contribution is -2.42. The van der Waals surface area contributed by atoms with E-state index >= 15 is 0 Å². The summed E-state index contributed by atoms with van der Waals surface area (Å²) in [4.78, 5) is 11.1. The van der Waals surface area contributed by atoms with Crippen molar-refractivity contribution in [1.29, 1.82) is 10.8 Å². The van der Waals surface area contributed by atoms with Crippen LogP contribution in [0.3, 0.4) is 0 Å². The molecule has 3 N–H and O–H groups in total. The van der Waals surface area contributed by atoms with E-state index in [0.29, 0.717) is 35.3 Å². The highest BCUT2D eigenvalue weighted by molar-refractivity contribution is 6.04. The number of ether oxygens (including phenoxy) is 3. The molecule has 0 amide bonds. The number of aliphatic hydroxyl groups is 1. The first-order chi connectivity index (χ1) is 16.2. The number of benzene rings is 1. The van der Waals surface area contributed by atoms with E-state index in [-0.39, 0.29) is 36.5 Å². The number of aliphatic hydroxyl groups excluding tert-OH is 1. The minimum atomic E-state index is -0.854. The van der Waals surface area contributed by atoms with Gasteiger partial charge in [-0.05, 0) is 74.5 Å². The highest BCUT2D eigenvalue weighted by Crippen LogP contribution is 2.46. The zero-order valence-electron chi connectivity index (χ0n) is 20.9. The van der Waals surface area contributed by atoms with Crippen LogP contribution in [0.25, 0.3) is 0 Å². The molecule has 1 aromatic carbocycles. The van der Waals surface area contributed by atoms with E-state index in [1.807, 2.05) is 12.1 Å². The molecule has 7 nitrogen and oxygen atoms in total. The summed E-state index contributed by atoms with van der Waals surface area (Å²) in [6.07, 6.45) is 3.93. The van der Waals surface area contributed by atoms with Crippen molar-refractivity contribution >= 4 is 17.6 Å². The van der Waals surface area contributed by atoms with E-state index in [9.17, 15) is 9.90 Å². The Morgan fingerprint density at radius 1 is 1.12 bits per heavy atom. The number of hydrogen-bond donors (Lipinski definition) is 3. The number of carbonyl (C=O) groups excluding carboxylic acids is 1. The van der Waals surface area contributed by atoms with Crippen LogP contribution in [0.15, 0.2) is 24.3 Å². The maximum atomic E-state index is 11.1. The number of rotatable bonds is 8. The summed E-state index contributed by atoms with van der Waals surface area (Å²) in [6.45, 7) is 9.04. The minimum absolute atomic E-state index is 0.0187. The van der Waals surface area contributed by atoms with Crippen LogP contribution >= 0.6 is 0 Å². The lowest BCUT2D eigenvalue weighted by molar-refractivity contribution is -0.164. The molecule has 1 saturated heterocycles. The average Bonchev–Trinajstić information content (AvgIpc) is 2.99. The summed E-state index contributed by atoms with van der Waals surface area (Å²) >= 11 is 0. The molecule has 1 aliphatic carbocycles. The number of carbonyl (C=O) groups is 1. The zero-order chi connectivity index (χ0) is 24.8. The molecule has 1 saturated carbocycles. The van der Waals surface area contributed by atoms with Crippen molar-refractivity contribution < 1.29 is 24.1 Å². The Balaban J connectivity index is 1.53. The van der Waals surface area contributed by atoms with Crippen molar-refractivity contribution in [3.8, 4) is 0 Å². The Morgan fingerprint density at radius 3 is 2.50 bits per heavy atom. The van der Waals surface area contributed by atoms with Gasteiger partial charge in [-0.3, -0.25) is 15.6 Å². The van der Waals surface area contributed by atoms with Gasteiger partial charge in [0, 0.05) is 11.5 Å². The molecule has 0 spiro atoms. The quantitative estimate of drug-likeness (QED) is 0.282. The van der Waals surface area contributed by atoms with Crippen LogP contribution in [0.5, 0.6) is 0 Å². The summed E-state index contributed by atoms with van der Waals surface area (Å²) in [5.74, 6) is 1.62. The van der Waals surface area contributed by atoms with Crippen molar-refractivity contribution in [1.82, 2.24) is 0 Å². The Labute approximate surface area is 203 Å². The van der Waals surface area contributed by atoms with Crippen molar-refractivity contribution in [2.45, 2.75) is 78.8 Å². The largest absolute Gasteiger partial charge is 0.425 e. The molecule has 6 unspecified atom stereocenters. The molecular formula is C27H40N2O5. The third kappa shape index (κ3) is 6.96. The van der Waals surface area contributed by atoms with Gasteiger partial charge in [0.1, 0.15) is 5.78 Å². The molecule has 3 rings (SSSR count). The van der Waals surface area contributed by atoms with Crippen LogP contribution in [0.2, 0.25) is 0 Å². The van der Waals surface area contributed by atoms with Crippen LogP contribution in [0.1, 0.15) is 70.9 Å². The van der Waals surface area contributed by atoms with E-state index in [0.717, 1.165) is 25.0 Å². The highest BCUT2D eigenvalue weighted by Gasteiger charge is 2.42. The summed E-state index contributed by atoms with van der Waals surface area (Å²) in [5.41, 5.74) is 1.39. The Kier molecular flexibility index (Phi) is 9.39. The standard InChI is InChI=1S/C27H40N2O5/c1-16-5-11-23(24-15-32-18(3)6-12-22(16)24)19(4)27(31)33-14-20-7-9-21(10-8-20)26(29)34-25(28)13-17(2)30/h7-10,16,18-19,22-24,27-29,31H,5-6,11-15H2,1-4H3/t16-,18?,19?,22?,23?,24?,27?/m1/s1. The first kappa shape index (κ1) is 26.5. The molecule has 7 atom stereocenters. The van der Waals surface area contributed by atoms with Gasteiger partial charge >= 0.3 is 0 Å². The van der Waals surface area contributed by atoms with Crippen LogP contribution in [-0.4, -0.2) is 41.7 Å². The molecule has 0 aromatic heterocycles. The van der Waals surface area contributed by atoms with E-state index in [1.165, 1.54) is 19.8 Å². The average molecular weight is 473 g/mol. The maximum Gasteiger partial charge on any atom is 0.220 e. The SMILES string of the molecule is CC(=O)CC(=N)OC(=N)c1ccc(COC(O)C(C)C2CC[C@@H](C)C3CCC(C)OCC23)cc1. The Morgan fingerprint density at radius 2 is 1.82 bits per heavy atom. The molecule has 188 valence electrons. The molecule has 2 aliphatic rings. The molecule has 34 heavy (non-hydrogen) atoms. The predicted octanol–water partition coefficient (Wildman–Crippen LogP) is 4.93. The zero-order valence-corrected chi connectivity index (χ0v) is 20.9. The molecule has 0 radical (unpaired) electrons. The van der Waals surface area contributed by atoms with Gasteiger partial charge in [-0.1, -0.05) is 32.4 Å². The second kappa shape index (κ2) is 12.0. The fourth-order valence-corrected chi connectivity index (χ4v) is 5.55. The lowest BCUT2D eigenvalue weighted by Gasteiger charge is -2.44. The molecule has 1 aliphatic heterocycles. The minimum Gasteiger partial charge on any atom is -0.425 e. The molecule has 1 heterocycles. The van der Waals surface area contributed by atoms with E-state index in [4.69, 9.17) is 25.0 Å². The number of fused-ring (bicyclic) bond motifs is 1. The smallest absolute Gasteiger partial charge is 0.220 e. The monoisotopic (exact) mass is 472 g/mol. The Bertz CT molecular complexity index is 855. The number of nitrogens with one attached hydrogen (secondary N) is 2. The molecular weight excluding hydrogens is 432 g/mol. The molecule has 7 heteroatoms. The second-order valence-corrected chi connectivity index (χ2v) is 10.3. The number of Topliss-reactive ketones (excluding diaryl/α,β-unsaturated/α-hetero) is 1. The van der Waals surface area contributed by atoms with Crippen LogP contribution in [0, 0.1) is 40.4 Å². The summed E-state index contributed by atoms with van der Waals surface area (Å²) < 4.78 is 17.1. The van der Waals surface area contributed by atoms with Crippen molar-refractivity contribution in [3.05, 3.63) is 35.4 Å². The van der Waals surface area contributed by atoms with Gasteiger partial charge in [0.2, 0.25) is 5.90 Å². The second-order valence-electron chi connectivity index (χ2n) is 10.3. The Hall–Kier alpha value is -2.09. The van der Waals surface area contributed by atoms with Crippen molar-refractivity contribution in [2.75, 3.05) is 6.61 Å². The maximum absolute atomic E-state index is 11.1. The van der Waals surface area contributed by atoms with Crippen LogP contribution < -0.4 is 0 Å². The lowest BCUT2D eigenvalue weighted by atomic mass is 9.62. The first-order valence-electron chi connectivity index (χ1n) is 12.5. The van der Waals surface area contributed by atoms with Gasteiger partial charge in [-0.15, -0.1) is 0 Å². The summed E-state index contributed by atoms with van der Waals surface area (Å²) in [7, 11) is 0. The molecule has 0 bridgehead atoms. The van der Waals surface area contributed by atoms with Crippen LogP contribution in [0.4, 0.5) is 0 Å². The van der Waals surface area contributed by atoms with Gasteiger partial charge in [-0.2, -0.15) is 0 Å². The number of hydrogen-bond acceptors (Lipinski definition) is 7.